The number of halogens is 2. The molecule has 3 nitrogen and oxygen atoms in total. The summed E-state index contributed by atoms with van der Waals surface area (Å²) in [7, 11) is 1.46. The van der Waals surface area contributed by atoms with Crippen molar-refractivity contribution in [3.63, 3.8) is 0 Å². The van der Waals surface area contributed by atoms with Crippen LogP contribution in [0.5, 0.6) is 5.75 Å². The third-order valence-electron chi connectivity index (χ3n) is 3.32. The van der Waals surface area contributed by atoms with E-state index in [9.17, 15) is 13.3 Å². The Labute approximate surface area is 121 Å². The molecule has 0 amide bonds. The predicted octanol–water partition coefficient (Wildman–Crippen LogP) is 2.98. The van der Waals surface area contributed by atoms with Crippen LogP contribution in [0.4, 0.5) is 8.78 Å². The Hall–Kier alpha value is -0.850. The summed E-state index contributed by atoms with van der Waals surface area (Å²) in [5, 5.41) is 0. The van der Waals surface area contributed by atoms with E-state index in [1.54, 1.807) is 39.0 Å². The van der Waals surface area contributed by atoms with Crippen LogP contribution >= 0.6 is 0 Å². The van der Waals surface area contributed by atoms with E-state index < -0.39 is 34.5 Å². The average Bonchev–Trinajstić information content (AvgIpc) is 2.59. The molecule has 112 valence electrons. The standard InChI is InChI=1S/C14H19F2NO2S/c1-13(2,3)20(18)17-12-9-6-5-7-11(19-4)10(9)8-14(12,15)16/h5-7,12,17H,8H2,1-4H3/t12-,20?/m0/s1. The van der Waals surface area contributed by atoms with Gasteiger partial charge >= 0.3 is 0 Å². The minimum atomic E-state index is -2.97. The Morgan fingerprint density at radius 1 is 1.40 bits per heavy atom. The number of ether oxygens (including phenoxy) is 1. The van der Waals surface area contributed by atoms with Crippen LogP contribution in [0.25, 0.3) is 0 Å². The van der Waals surface area contributed by atoms with Crippen LogP contribution in [-0.4, -0.2) is 22.3 Å². The summed E-state index contributed by atoms with van der Waals surface area (Å²) in [6.07, 6.45) is -0.397. The molecule has 1 N–H and O–H groups in total. The number of alkyl halides is 2. The Morgan fingerprint density at radius 2 is 2.05 bits per heavy atom. The zero-order valence-electron chi connectivity index (χ0n) is 12.0. The van der Waals surface area contributed by atoms with Crippen molar-refractivity contribution in [3.8, 4) is 5.75 Å². The van der Waals surface area contributed by atoms with Crippen molar-refractivity contribution in [2.75, 3.05) is 7.11 Å². The van der Waals surface area contributed by atoms with E-state index in [2.05, 4.69) is 4.72 Å². The van der Waals surface area contributed by atoms with Gasteiger partial charge in [-0.3, -0.25) is 0 Å². The second-order valence-electron chi connectivity index (χ2n) is 5.90. The number of rotatable bonds is 3. The summed E-state index contributed by atoms with van der Waals surface area (Å²) in [6, 6.07) is 3.73. The van der Waals surface area contributed by atoms with Gasteiger partial charge in [-0.25, -0.2) is 8.78 Å². The maximum atomic E-state index is 14.2. The molecule has 1 aliphatic rings. The molecule has 0 spiro atoms. The molecule has 0 aliphatic heterocycles. The second-order valence-corrected chi connectivity index (χ2v) is 7.90. The maximum absolute atomic E-state index is 14.2. The molecule has 0 saturated carbocycles. The minimum absolute atomic E-state index is 0.397. The van der Waals surface area contributed by atoms with Crippen molar-refractivity contribution in [3.05, 3.63) is 29.3 Å². The lowest BCUT2D eigenvalue weighted by Crippen LogP contribution is -2.45. The zero-order valence-corrected chi connectivity index (χ0v) is 12.8. The molecule has 0 radical (unpaired) electrons. The van der Waals surface area contributed by atoms with Gasteiger partial charge in [-0.1, -0.05) is 12.1 Å². The van der Waals surface area contributed by atoms with E-state index in [1.165, 1.54) is 7.11 Å². The van der Waals surface area contributed by atoms with Gasteiger partial charge in [0.05, 0.1) is 7.11 Å². The molecule has 1 aliphatic carbocycles. The molecule has 0 bridgehead atoms. The third kappa shape index (κ3) is 2.77. The van der Waals surface area contributed by atoms with Crippen LogP contribution in [0, 0.1) is 0 Å². The molecule has 0 heterocycles. The quantitative estimate of drug-likeness (QED) is 0.873. The van der Waals surface area contributed by atoms with Crippen LogP contribution in [-0.2, 0) is 17.8 Å². The van der Waals surface area contributed by atoms with Crippen molar-refractivity contribution in [2.45, 2.75) is 43.9 Å². The number of hydrogen-bond acceptors (Lipinski definition) is 3. The summed E-state index contributed by atoms with van der Waals surface area (Å²) in [5.74, 6) is -2.52. The van der Waals surface area contributed by atoms with Crippen LogP contribution in [0.2, 0.25) is 0 Å². The number of benzene rings is 1. The number of nitrogens with one attached hydrogen (secondary N) is 1. The highest BCUT2D eigenvalue weighted by Gasteiger charge is 2.51. The predicted molar refractivity (Wildman–Crippen MR) is 75.4 cm³/mol. The Morgan fingerprint density at radius 3 is 2.60 bits per heavy atom. The fraction of sp³-hybridized carbons (Fsp3) is 0.571. The second kappa shape index (κ2) is 5.16. The van der Waals surface area contributed by atoms with Crippen molar-refractivity contribution in [1.29, 1.82) is 0 Å². The first-order chi connectivity index (χ1) is 9.16. The summed E-state index contributed by atoms with van der Waals surface area (Å²) in [5.41, 5.74) is 0.954. The lowest BCUT2D eigenvalue weighted by atomic mass is 10.1. The van der Waals surface area contributed by atoms with E-state index in [0.717, 1.165) is 0 Å². The zero-order chi connectivity index (χ0) is 15.1. The van der Waals surface area contributed by atoms with Gasteiger partial charge in [-0.2, -0.15) is 0 Å². The van der Waals surface area contributed by atoms with Crippen molar-refractivity contribution >= 4 is 11.4 Å². The molecule has 20 heavy (non-hydrogen) atoms. The van der Waals surface area contributed by atoms with Crippen LogP contribution < -0.4 is 9.46 Å². The van der Waals surface area contributed by atoms with Crippen molar-refractivity contribution < 1.29 is 18.1 Å². The van der Waals surface area contributed by atoms with Gasteiger partial charge in [-0.05, 0) is 32.4 Å². The van der Waals surface area contributed by atoms with Crippen molar-refractivity contribution in [2.24, 2.45) is 0 Å². The van der Waals surface area contributed by atoms with E-state index in [1.807, 2.05) is 0 Å². The van der Waals surface area contributed by atoms with E-state index in [4.69, 9.17) is 4.74 Å². The first-order valence-corrected chi connectivity index (χ1v) is 7.53. The van der Waals surface area contributed by atoms with Crippen molar-refractivity contribution in [1.82, 2.24) is 4.72 Å². The molecule has 0 aromatic heterocycles. The topological polar surface area (TPSA) is 44.3 Å². The first-order valence-electron chi connectivity index (χ1n) is 6.38. The molecule has 0 fully saturated rings. The Bertz CT molecular complexity index is 502. The number of methoxy groups -OCH3 is 1. The smallest absolute Gasteiger partial charge is 0.275 e. The van der Waals surface area contributed by atoms with Gasteiger partial charge in [0, 0.05) is 23.3 Å². The van der Waals surface area contributed by atoms with Gasteiger partial charge in [-0.15, -0.1) is 4.72 Å². The van der Waals surface area contributed by atoms with Gasteiger partial charge < -0.3 is 9.29 Å². The lowest BCUT2D eigenvalue weighted by Gasteiger charge is -2.28. The highest BCUT2D eigenvalue weighted by Crippen LogP contribution is 2.47. The third-order valence-corrected chi connectivity index (χ3v) is 4.88. The highest BCUT2D eigenvalue weighted by atomic mass is 32.2. The lowest BCUT2D eigenvalue weighted by molar-refractivity contribution is -0.0190. The molecule has 1 aromatic carbocycles. The molecule has 2 atom stereocenters. The molecule has 1 aromatic rings. The molecular formula is C14H19F2NO2S. The van der Waals surface area contributed by atoms with Gasteiger partial charge in [0.2, 0.25) is 0 Å². The van der Waals surface area contributed by atoms with E-state index >= 15 is 0 Å². The van der Waals surface area contributed by atoms with Crippen LogP contribution in [0.15, 0.2) is 18.2 Å². The monoisotopic (exact) mass is 303 g/mol. The molecule has 1 unspecified atom stereocenters. The fourth-order valence-corrected chi connectivity index (χ4v) is 3.10. The summed E-state index contributed by atoms with van der Waals surface area (Å²) in [6.45, 7) is 5.24. The summed E-state index contributed by atoms with van der Waals surface area (Å²) >= 11 is -1.56. The fourth-order valence-electron chi connectivity index (χ4n) is 2.23. The molecule has 0 saturated heterocycles. The Balaban J connectivity index is 2.35. The molecular weight excluding hydrogens is 284 g/mol. The van der Waals surface area contributed by atoms with E-state index in [0.29, 0.717) is 16.9 Å². The number of fused-ring (bicyclic) bond motifs is 1. The maximum Gasteiger partial charge on any atom is 0.275 e. The van der Waals surface area contributed by atoms with Crippen LogP contribution in [0.1, 0.15) is 37.9 Å². The SMILES string of the molecule is COc1cccc2c1CC(F)(F)[C@H]2N[S+]([O-])C(C)(C)C. The summed E-state index contributed by atoms with van der Waals surface area (Å²) in [4.78, 5) is 0. The normalized spacial score (nSPS) is 22.4. The van der Waals surface area contributed by atoms with Gasteiger partial charge in [0.25, 0.3) is 5.92 Å². The highest BCUT2D eigenvalue weighted by molar-refractivity contribution is 7.90. The number of hydrogen-bond donors (Lipinski definition) is 1. The Kier molecular flexibility index (Phi) is 4.01. The molecule has 2 rings (SSSR count). The van der Waals surface area contributed by atoms with Gasteiger partial charge in [0.15, 0.2) is 0 Å². The average molecular weight is 303 g/mol. The molecule has 6 heteroatoms. The van der Waals surface area contributed by atoms with E-state index in [-0.39, 0.29) is 0 Å². The largest absolute Gasteiger partial charge is 0.598 e. The minimum Gasteiger partial charge on any atom is -0.598 e. The van der Waals surface area contributed by atoms with Gasteiger partial charge in [0.1, 0.15) is 16.5 Å². The summed E-state index contributed by atoms with van der Waals surface area (Å²) < 4.78 is 47.7. The van der Waals surface area contributed by atoms with Crippen LogP contribution in [0.3, 0.4) is 0 Å². The first kappa shape index (κ1) is 15.5.